The summed E-state index contributed by atoms with van der Waals surface area (Å²) in [4.78, 5) is 0. The molecule has 1 unspecified atom stereocenters. The lowest BCUT2D eigenvalue weighted by atomic mass is 9.95. The lowest BCUT2D eigenvalue weighted by Crippen LogP contribution is -2.25. The quantitative estimate of drug-likeness (QED) is 0.853. The van der Waals surface area contributed by atoms with Crippen molar-refractivity contribution in [3.63, 3.8) is 0 Å². The van der Waals surface area contributed by atoms with E-state index < -0.39 is 0 Å². The van der Waals surface area contributed by atoms with Gasteiger partial charge >= 0.3 is 0 Å². The third kappa shape index (κ3) is 2.51. The van der Waals surface area contributed by atoms with Crippen molar-refractivity contribution < 1.29 is 0 Å². The van der Waals surface area contributed by atoms with Crippen LogP contribution in [0.15, 0.2) is 12.1 Å². The molecule has 0 spiro atoms. The van der Waals surface area contributed by atoms with Gasteiger partial charge in [-0.1, -0.05) is 26.7 Å². The average molecular weight is 234 g/mol. The van der Waals surface area contributed by atoms with Crippen molar-refractivity contribution in [2.45, 2.75) is 39.7 Å². The molecule has 0 aliphatic carbocycles. The molecule has 2 aromatic heterocycles. The summed E-state index contributed by atoms with van der Waals surface area (Å²) in [7, 11) is 0. The first-order valence-corrected chi connectivity index (χ1v) is 6.06. The summed E-state index contributed by atoms with van der Waals surface area (Å²) < 4.78 is 1.43. The standard InChI is InChI=1S/C11H18N6/c1-4-9(5-2)8(3)12-10-6-7-11-13-15-16-17(11)14-10/h6-9H,4-5H2,1-3H3,(H,12,14). The number of rotatable bonds is 5. The van der Waals surface area contributed by atoms with Crippen LogP contribution in [0, 0.1) is 5.92 Å². The van der Waals surface area contributed by atoms with Crippen LogP contribution in [-0.2, 0) is 0 Å². The Bertz CT molecular complexity index is 476. The van der Waals surface area contributed by atoms with E-state index in [-0.39, 0.29) is 0 Å². The molecular weight excluding hydrogens is 216 g/mol. The van der Waals surface area contributed by atoms with Crippen molar-refractivity contribution in [3.05, 3.63) is 12.1 Å². The van der Waals surface area contributed by atoms with E-state index in [2.05, 4.69) is 46.7 Å². The molecule has 0 amide bonds. The molecule has 0 aliphatic heterocycles. The highest BCUT2D eigenvalue weighted by Gasteiger charge is 2.13. The predicted octanol–water partition coefficient (Wildman–Crippen LogP) is 1.76. The van der Waals surface area contributed by atoms with Crippen molar-refractivity contribution in [1.29, 1.82) is 0 Å². The molecular formula is C11H18N6. The van der Waals surface area contributed by atoms with Gasteiger partial charge in [0.15, 0.2) is 5.65 Å². The normalized spacial score (nSPS) is 13.2. The van der Waals surface area contributed by atoms with Crippen molar-refractivity contribution in [3.8, 4) is 0 Å². The molecule has 6 heteroatoms. The Hall–Kier alpha value is -1.72. The van der Waals surface area contributed by atoms with Crippen LogP contribution < -0.4 is 5.32 Å². The van der Waals surface area contributed by atoms with Crippen molar-refractivity contribution >= 4 is 11.5 Å². The lowest BCUT2D eigenvalue weighted by molar-refractivity contribution is 0.436. The van der Waals surface area contributed by atoms with Crippen LogP contribution in [0.2, 0.25) is 0 Å². The topological polar surface area (TPSA) is 68.0 Å². The summed E-state index contributed by atoms with van der Waals surface area (Å²) in [6, 6.07) is 4.16. The summed E-state index contributed by atoms with van der Waals surface area (Å²) in [5, 5.41) is 18.8. The van der Waals surface area contributed by atoms with E-state index in [9.17, 15) is 0 Å². The molecule has 6 nitrogen and oxygen atoms in total. The minimum absolute atomic E-state index is 0.395. The highest BCUT2D eigenvalue weighted by Crippen LogP contribution is 2.16. The molecule has 2 heterocycles. The minimum Gasteiger partial charge on any atom is -0.366 e. The van der Waals surface area contributed by atoms with Gasteiger partial charge in [0, 0.05) is 6.04 Å². The maximum Gasteiger partial charge on any atom is 0.200 e. The second kappa shape index (κ2) is 5.07. The monoisotopic (exact) mass is 234 g/mol. The predicted molar refractivity (Wildman–Crippen MR) is 65.7 cm³/mol. The molecule has 17 heavy (non-hydrogen) atoms. The number of nitrogens with one attached hydrogen (secondary N) is 1. The third-order valence-electron chi connectivity index (χ3n) is 3.20. The Morgan fingerprint density at radius 2 is 2.06 bits per heavy atom. The first-order valence-electron chi connectivity index (χ1n) is 6.06. The zero-order chi connectivity index (χ0) is 12.3. The minimum atomic E-state index is 0.395. The molecule has 0 bridgehead atoms. The first-order chi connectivity index (χ1) is 8.24. The second-order valence-corrected chi connectivity index (χ2v) is 4.25. The van der Waals surface area contributed by atoms with E-state index in [1.807, 2.05) is 12.1 Å². The number of fused-ring (bicyclic) bond motifs is 1. The Balaban J connectivity index is 2.11. The molecule has 2 aromatic rings. The van der Waals surface area contributed by atoms with Gasteiger partial charge in [-0.15, -0.1) is 14.8 Å². The zero-order valence-corrected chi connectivity index (χ0v) is 10.5. The Morgan fingerprint density at radius 1 is 1.29 bits per heavy atom. The molecule has 0 aromatic carbocycles. The van der Waals surface area contributed by atoms with Crippen LogP contribution >= 0.6 is 0 Å². The molecule has 2 rings (SSSR count). The maximum absolute atomic E-state index is 4.30. The van der Waals surface area contributed by atoms with E-state index in [1.54, 1.807) is 0 Å². The molecule has 0 fully saturated rings. The van der Waals surface area contributed by atoms with E-state index in [0.717, 1.165) is 18.7 Å². The van der Waals surface area contributed by atoms with Gasteiger partial charge in [-0.2, -0.15) is 0 Å². The van der Waals surface area contributed by atoms with Crippen molar-refractivity contribution in [2.75, 3.05) is 5.32 Å². The highest BCUT2D eigenvalue weighted by molar-refractivity contribution is 5.42. The van der Waals surface area contributed by atoms with Crippen molar-refractivity contribution in [2.24, 2.45) is 5.92 Å². The molecule has 0 radical (unpaired) electrons. The van der Waals surface area contributed by atoms with Gasteiger partial charge in [0.1, 0.15) is 5.82 Å². The van der Waals surface area contributed by atoms with Gasteiger partial charge in [-0.05, 0) is 35.4 Å². The van der Waals surface area contributed by atoms with Gasteiger partial charge in [0.2, 0.25) is 0 Å². The molecule has 0 aliphatic rings. The fourth-order valence-corrected chi connectivity index (χ4v) is 2.07. The summed E-state index contributed by atoms with van der Waals surface area (Å²) in [6.07, 6.45) is 2.33. The van der Waals surface area contributed by atoms with Gasteiger partial charge in [-0.3, -0.25) is 0 Å². The van der Waals surface area contributed by atoms with Gasteiger partial charge in [-0.25, -0.2) is 0 Å². The zero-order valence-electron chi connectivity index (χ0n) is 10.5. The van der Waals surface area contributed by atoms with E-state index in [0.29, 0.717) is 17.6 Å². The summed E-state index contributed by atoms with van der Waals surface area (Å²) in [6.45, 7) is 6.61. The summed E-state index contributed by atoms with van der Waals surface area (Å²) >= 11 is 0. The SMILES string of the molecule is CCC(CC)C(C)Nc1ccc2nnnn2n1. The largest absolute Gasteiger partial charge is 0.366 e. The van der Waals surface area contributed by atoms with Gasteiger partial charge in [0.25, 0.3) is 0 Å². The second-order valence-electron chi connectivity index (χ2n) is 4.25. The van der Waals surface area contributed by atoms with Crippen LogP contribution in [0.4, 0.5) is 5.82 Å². The fourth-order valence-electron chi connectivity index (χ4n) is 2.07. The number of tetrazole rings is 1. The van der Waals surface area contributed by atoms with Crippen LogP contribution in [-0.4, -0.2) is 31.3 Å². The fraction of sp³-hybridized carbons (Fsp3) is 0.636. The molecule has 0 saturated heterocycles. The number of aromatic nitrogens is 5. The molecule has 1 atom stereocenters. The van der Waals surface area contributed by atoms with Crippen LogP contribution in [0.25, 0.3) is 5.65 Å². The molecule has 1 N–H and O–H groups in total. The maximum atomic E-state index is 4.30. The summed E-state index contributed by atoms with van der Waals surface area (Å²) in [5.74, 6) is 1.46. The summed E-state index contributed by atoms with van der Waals surface area (Å²) in [5.41, 5.74) is 0.658. The Labute approximate surface area is 100 Å². The number of hydrogen-bond acceptors (Lipinski definition) is 5. The smallest absolute Gasteiger partial charge is 0.200 e. The van der Waals surface area contributed by atoms with Crippen LogP contribution in [0.3, 0.4) is 0 Å². The van der Waals surface area contributed by atoms with Crippen LogP contribution in [0.5, 0.6) is 0 Å². The van der Waals surface area contributed by atoms with E-state index >= 15 is 0 Å². The van der Waals surface area contributed by atoms with Gasteiger partial charge in [0.05, 0.1) is 0 Å². The number of anilines is 1. The highest BCUT2D eigenvalue weighted by atomic mass is 15.6. The molecule has 92 valence electrons. The average Bonchev–Trinajstić information content (AvgIpc) is 2.77. The van der Waals surface area contributed by atoms with Gasteiger partial charge < -0.3 is 5.32 Å². The van der Waals surface area contributed by atoms with E-state index in [1.165, 1.54) is 4.63 Å². The number of hydrogen-bond donors (Lipinski definition) is 1. The third-order valence-corrected chi connectivity index (χ3v) is 3.20. The Morgan fingerprint density at radius 3 is 2.76 bits per heavy atom. The Kier molecular flexibility index (Phi) is 3.51. The van der Waals surface area contributed by atoms with Crippen LogP contribution in [0.1, 0.15) is 33.6 Å². The first kappa shape index (κ1) is 11.8. The van der Waals surface area contributed by atoms with Crippen molar-refractivity contribution in [1.82, 2.24) is 25.3 Å². The van der Waals surface area contributed by atoms with E-state index in [4.69, 9.17) is 0 Å². The number of nitrogens with zero attached hydrogens (tertiary/aromatic N) is 5. The lowest BCUT2D eigenvalue weighted by Gasteiger charge is -2.22. The molecule has 0 saturated carbocycles.